The molecule has 6 nitrogen and oxygen atoms in total. The van der Waals surface area contributed by atoms with Gasteiger partial charge in [-0.2, -0.15) is 5.26 Å². The quantitative estimate of drug-likeness (QED) is 0.776. The Labute approximate surface area is 97.1 Å². The molecule has 0 bridgehead atoms. The third-order valence-corrected chi connectivity index (χ3v) is 2.55. The lowest BCUT2D eigenvalue weighted by molar-refractivity contribution is -0.137. The van der Waals surface area contributed by atoms with E-state index in [9.17, 15) is 9.59 Å². The van der Waals surface area contributed by atoms with E-state index in [-0.39, 0.29) is 12.1 Å². The van der Waals surface area contributed by atoms with Crippen LogP contribution in [0.2, 0.25) is 0 Å². The summed E-state index contributed by atoms with van der Waals surface area (Å²) in [6.45, 7) is 0.0356. The maximum Gasteiger partial charge on any atom is 0.328 e. The van der Waals surface area contributed by atoms with Crippen LogP contribution >= 0.6 is 0 Å². The Morgan fingerprint density at radius 2 is 2.24 bits per heavy atom. The van der Waals surface area contributed by atoms with E-state index < -0.39 is 18.0 Å². The fraction of sp³-hybridized carbons (Fsp3) is 0.182. The van der Waals surface area contributed by atoms with Crippen molar-refractivity contribution in [2.75, 3.05) is 11.4 Å². The Hall–Kier alpha value is -2.55. The van der Waals surface area contributed by atoms with Gasteiger partial charge in [-0.05, 0) is 12.1 Å². The van der Waals surface area contributed by atoms with Crippen molar-refractivity contribution in [1.82, 2.24) is 5.32 Å². The van der Waals surface area contributed by atoms with E-state index in [0.717, 1.165) is 4.90 Å². The molecular formula is C11H9N3O3. The number of rotatable bonds is 2. The minimum Gasteiger partial charge on any atom is -0.480 e. The normalized spacial score (nSPS) is 18.6. The van der Waals surface area contributed by atoms with Gasteiger partial charge in [0.2, 0.25) is 0 Å². The Morgan fingerprint density at radius 3 is 2.88 bits per heavy atom. The fourth-order valence-electron chi connectivity index (χ4n) is 1.76. The SMILES string of the molecule is N#Cc1ccccc1N1C(=O)NCC1C(=O)O. The molecule has 0 aliphatic carbocycles. The van der Waals surface area contributed by atoms with Gasteiger partial charge in [-0.3, -0.25) is 4.90 Å². The first-order chi connectivity index (χ1) is 8.15. The second-order valence-electron chi connectivity index (χ2n) is 3.54. The number of nitrogens with one attached hydrogen (secondary N) is 1. The second kappa shape index (κ2) is 4.14. The highest BCUT2D eigenvalue weighted by molar-refractivity contribution is 6.02. The predicted octanol–water partition coefficient (Wildman–Crippen LogP) is 0.541. The molecule has 0 radical (unpaired) electrons. The number of carbonyl (C=O) groups excluding carboxylic acids is 1. The molecule has 1 aliphatic rings. The molecule has 17 heavy (non-hydrogen) atoms. The monoisotopic (exact) mass is 231 g/mol. The minimum atomic E-state index is -1.10. The smallest absolute Gasteiger partial charge is 0.328 e. The first-order valence-electron chi connectivity index (χ1n) is 4.94. The summed E-state index contributed by atoms with van der Waals surface area (Å²) < 4.78 is 0. The number of amides is 2. The second-order valence-corrected chi connectivity index (χ2v) is 3.54. The van der Waals surface area contributed by atoms with E-state index in [4.69, 9.17) is 10.4 Å². The minimum absolute atomic E-state index is 0.0356. The Balaban J connectivity index is 2.47. The fourth-order valence-corrected chi connectivity index (χ4v) is 1.76. The molecule has 0 saturated carbocycles. The number of hydrogen-bond acceptors (Lipinski definition) is 3. The van der Waals surface area contributed by atoms with Gasteiger partial charge in [0.25, 0.3) is 0 Å². The molecule has 1 aliphatic heterocycles. The van der Waals surface area contributed by atoms with Gasteiger partial charge in [0.05, 0.1) is 17.8 Å². The van der Waals surface area contributed by atoms with Crippen molar-refractivity contribution in [2.45, 2.75) is 6.04 Å². The maximum absolute atomic E-state index is 11.6. The lowest BCUT2D eigenvalue weighted by Crippen LogP contribution is -2.40. The van der Waals surface area contributed by atoms with Crippen molar-refractivity contribution in [3.05, 3.63) is 29.8 Å². The standard InChI is InChI=1S/C11H9N3O3/c12-5-7-3-1-2-4-8(7)14-9(10(15)16)6-13-11(14)17/h1-4,9H,6H2,(H,13,17)(H,15,16). The van der Waals surface area contributed by atoms with Gasteiger partial charge < -0.3 is 10.4 Å². The number of aliphatic carboxylic acids is 1. The molecule has 2 amide bonds. The third kappa shape index (κ3) is 1.78. The van der Waals surface area contributed by atoms with Crippen molar-refractivity contribution in [3.8, 4) is 6.07 Å². The van der Waals surface area contributed by atoms with E-state index in [1.54, 1.807) is 24.3 Å². The summed E-state index contributed by atoms with van der Waals surface area (Å²) in [5.74, 6) is -1.10. The van der Waals surface area contributed by atoms with Crippen molar-refractivity contribution in [1.29, 1.82) is 5.26 Å². The van der Waals surface area contributed by atoms with Crippen LogP contribution in [-0.4, -0.2) is 29.7 Å². The molecule has 2 rings (SSSR count). The zero-order valence-corrected chi connectivity index (χ0v) is 8.75. The summed E-state index contributed by atoms with van der Waals surface area (Å²) >= 11 is 0. The van der Waals surface area contributed by atoms with Crippen LogP contribution in [0.5, 0.6) is 0 Å². The molecule has 0 aromatic heterocycles. The number of carbonyl (C=O) groups is 2. The molecule has 0 spiro atoms. The van der Waals surface area contributed by atoms with E-state index >= 15 is 0 Å². The molecular weight excluding hydrogens is 222 g/mol. The number of anilines is 1. The van der Waals surface area contributed by atoms with Crippen molar-refractivity contribution in [3.63, 3.8) is 0 Å². The molecule has 2 N–H and O–H groups in total. The van der Waals surface area contributed by atoms with E-state index in [1.807, 2.05) is 6.07 Å². The summed E-state index contributed by atoms with van der Waals surface area (Å²) in [5, 5.41) is 20.4. The van der Waals surface area contributed by atoms with Gasteiger partial charge in [-0.25, -0.2) is 9.59 Å². The highest BCUT2D eigenvalue weighted by Gasteiger charge is 2.37. The van der Waals surface area contributed by atoms with Crippen LogP contribution in [0.25, 0.3) is 0 Å². The van der Waals surface area contributed by atoms with Gasteiger partial charge >= 0.3 is 12.0 Å². The summed E-state index contributed by atoms with van der Waals surface area (Å²) in [6, 6.07) is 6.87. The largest absolute Gasteiger partial charge is 0.480 e. The van der Waals surface area contributed by atoms with Gasteiger partial charge in [0.15, 0.2) is 6.04 Å². The van der Waals surface area contributed by atoms with Crippen molar-refractivity contribution >= 4 is 17.7 Å². The number of carboxylic acid groups (broad SMARTS) is 1. The molecule has 1 heterocycles. The van der Waals surface area contributed by atoms with Crippen LogP contribution in [0.15, 0.2) is 24.3 Å². The number of benzene rings is 1. The third-order valence-electron chi connectivity index (χ3n) is 2.55. The van der Waals surface area contributed by atoms with Crippen molar-refractivity contribution in [2.24, 2.45) is 0 Å². The molecule has 1 aromatic rings. The number of nitrogens with zero attached hydrogens (tertiary/aromatic N) is 2. The molecule has 86 valence electrons. The average Bonchev–Trinajstić information content (AvgIpc) is 2.71. The van der Waals surface area contributed by atoms with Crippen LogP contribution < -0.4 is 10.2 Å². The van der Waals surface area contributed by atoms with Crippen LogP contribution in [0, 0.1) is 11.3 Å². The van der Waals surface area contributed by atoms with Gasteiger partial charge in [0, 0.05) is 0 Å². The number of carboxylic acids is 1. The zero-order valence-electron chi connectivity index (χ0n) is 8.75. The summed E-state index contributed by atoms with van der Waals surface area (Å²) in [6.07, 6.45) is 0. The molecule has 1 aromatic carbocycles. The van der Waals surface area contributed by atoms with Crippen LogP contribution in [0.3, 0.4) is 0 Å². The maximum atomic E-state index is 11.6. The summed E-state index contributed by atoms with van der Waals surface area (Å²) in [4.78, 5) is 23.7. The zero-order chi connectivity index (χ0) is 12.4. The first kappa shape index (κ1) is 11.0. The van der Waals surface area contributed by atoms with Gasteiger partial charge in [-0.15, -0.1) is 0 Å². The van der Waals surface area contributed by atoms with E-state index in [2.05, 4.69) is 5.32 Å². The van der Waals surface area contributed by atoms with E-state index in [0.29, 0.717) is 5.69 Å². The van der Waals surface area contributed by atoms with Gasteiger partial charge in [-0.1, -0.05) is 12.1 Å². The van der Waals surface area contributed by atoms with Crippen LogP contribution in [0.1, 0.15) is 5.56 Å². The lowest BCUT2D eigenvalue weighted by atomic mass is 10.1. The Morgan fingerprint density at radius 1 is 1.53 bits per heavy atom. The van der Waals surface area contributed by atoms with Crippen LogP contribution in [0.4, 0.5) is 10.5 Å². The Kier molecular flexibility index (Phi) is 2.66. The molecule has 1 unspecified atom stereocenters. The van der Waals surface area contributed by atoms with E-state index in [1.165, 1.54) is 0 Å². The van der Waals surface area contributed by atoms with Crippen molar-refractivity contribution < 1.29 is 14.7 Å². The summed E-state index contributed by atoms with van der Waals surface area (Å²) in [5.41, 5.74) is 0.591. The molecule has 1 fully saturated rings. The lowest BCUT2D eigenvalue weighted by Gasteiger charge is -2.20. The number of hydrogen-bond donors (Lipinski definition) is 2. The molecule has 1 atom stereocenters. The average molecular weight is 231 g/mol. The van der Waals surface area contributed by atoms with Crippen LogP contribution in [-0.2, 0) is 4.79 Å². The topological polar surface area (TPSA) is 93.4 Å². The number of nitriles is 1. The highest BCUT2D eigenvalue weighted by atomic mass is 16.4. The summed E-state index contributed by atoms with van der Waals surface area (Å²) in [7, 11) is 0. The van der Waals surface area contributed by atoms with Gasteiger partial charge in [0.1, 0.15) is 6.07 Å². The number of para-hydroxylation sites is 1. The highest BCUT2D eigenvalue weighted by Crippen LogP contribution is 2.24. The molecule has 1 saturated heterocycles. The first-order valence-corrected chi connectivity index (χ1v) is 4.94. The predicted molar refractivity (Wildman–Crippen MR) is 58.5 cm³/mol. The number of urea groups is 1. The molecule has 6 heteroatoms. The Bertz CT molecular complexity index is 521.